The third-order valence-electron chi connectivity index (χ3n) is 4.35. The number of nitrogens with zero attached hydrogens (tertiary/aromatic N) is 1. The molecule has 6 nitrogen and oxygen atoms in total. The zero-order valence-electron chi connectivity index (χ0n) is 16.5. The van der Waals surface area contributed by atoms with Crippen molar-refractivity contribution in [3.05, 3.63) is 81.9 Å². The largest absolute Gasteiger partial charge is 0.459 e. The van der Waals surface area contributed by atoms with Gasteiger partial charge in [0.05, 0.1) is 5.92 Å². The lowest BCUT2D eigenvalue weighted by molar-refractivity contribution is -0.534. The zero-order valence-corrected chi connectivity index (χ0v) is 16.5. The molecule has 28 heavy (non-hydrogen) atoms. The molecule has 0 radical (unpaired) electrons. The van der Waals surface area contributed by atoms with Crippen molar-refractivity contribution >= 4 is 11.8 Å². The van der Waals surface area contributed by atoms with Crippen LogP contribution < -0.4 is 0 Å². The third-order valence-corrected chi connectivity index (χ3v) is 4.35. The van der Waals surface area contributed by atoms with Gasteiger partial charge in [-0.05, 0) is 33.3 Å². The minimum Gasteiger partial charge on any atom is -0.459 e. The summed E-state index contributed by atoms with van der Waals surface area (Å²) in [6.07, 6.45) is 0. The molecule has 148 valence electrons. The number of nitro groups is 1. The highest BCUT2D eigenvalue weighted by atomic mass is 16.6. The number of ether oxygens (including phenoxy) is 1. The van der Waals surface area contributed by atoms with Gasteiger partial charge in [-0.15, -0.1) is 0 Å². The number of carbonyl (C=O) groups excluding carboxylic acids is 2. The Kier molecular flexibility index (Phi) is 6.67. The van der Waals surface area contributed by atoms with Crippen molar-refractivity contribution in [3.8, 4) is 0 Å². The molecule has 0 aliphatic heterocycles. The van der Waals surface area contributed by atoms with Gasteiger partial charge in [0.1, 0.15) is 17.3 Å². The quantitative estimate of drug-likeness (QED) is 0.307. The third kappa shape index (κ3) is 5.25. The molecule has 0 N–H and O–H groups in total. The Morgan fingerprint density at radius 2 is 1.39 bits per heavy atom. The lowest BCUT2D eigenvalue weighted by atomic mass is 9.76. The first-order chi connectivity index (χ1) is 13.1. The van der Waals surface area contributed by atoms with Crippen LogP contribution in [0.15, 0.2) is 60.7 Å². The summed E-state index contributed by atoms with van der Waals surface area (Å²) in [6.45, 7) is 6.36. The number of esters is 1. The summed E-state index contributed by atoms with van der Waals surface area (Å²) >= 11 is 0. The molecule has 0 amide bonds. The van der Waals surface area contributed by atoms with E-state index in [0.717, 1.165) is 0 Å². The number of Topliss-reactive ketones (excluding diaryl/α,β-unsaturated/α-hetero) is 1. The molecule has 0 spiro atoms. The van der Waals surface area contributed by atoms with E-state index in [9.17, 15) is 19.7 Å². The minimum absolute atomic E-state index is 0.427. The van der Waals surface area contributed by atoms with Crippen LogP contribution in [0.5, 0.6) is 0 Å². The second-order valence-corrected chi connectivity index (χ2v) is 7.70. The van der Waals surface area contributed by atoms with Crippen molar-refractivity contribution in [2.24, 2.45) is 5.92 Å². The molecule has 2 aromatic rings. The van der Waals surface area contributed by atoms with Crippen LogP contribution in [0.1, 0.15) is 50.8 Å². The van der Waals surface area contributed by atoms with Crippen molar-refractivity contribution in [2.45, 2.75) is 45.3 Å². The summed E-state index contributed by atoms with van der Waals surface area (Å²) in [5.74, 6) is -3.51. The van der Waals surface area contributed by atoms with Crippen LogP contribution in [0.4, 0.5) is 0 Å². The average molecular weight is 383 g/mol. The fourth-order valence-electron chi connectivity index (χ4n) is 3.27. The van der Waals surface area contributed by atoms with Crippen molar-refractivity contribution in [1.82, 2.24) is 0 Å². The van der Waals surface area contributed by atoms with E-state index in [1.54, 1.807) is 81.4 Å². The Bertz CT molecular complexity index is 827. The molecule has 6 heteroatoms. The highest BCUT2D eigenvalue weighted by Crippen LogP contribution is 2.40. The maximum Gasteiger partial charge on any atom is 0.317 e. The topological polar surface area (TPSA) is 86.5 Å². The number of benzene rings is 2. The van der Waals surface area contributed by atoms with E-state index in [1.165, 1.54) is 6.92 Å². The van der Waals surface area contributed by atoms with Crippen LogP contribution in [0.3, 0.4) is 0 Å². The Labute approximate surface area is 164 Å². The van der Waals surface area contributed by atoms with E-state index in [0.29, 0.717) is 11.1 Å². The number of hydrogen-bond donors (Lipinski definition) is 0. The molecule has 0 aliphatic rings. The predicted octanol–water partition coefficient (Wildman–Crippen LogP) is 4.34. The van der Waals surface area contributed by atoms with Gasteiger partial charge in [-0.1, -0.05) is 60.7 Å². The van der Waals surface area contributed by atoms with Gasteiger partial charge < -0.3 is 4.74 Å². The van der Waals surface area contributed by atoms with E-state index < -0.39 is 40.2 Å². The Morgan fingerprint density at radius 3 is 1.79 bits per heavy atom. The maximum atomic E-state index is 12.9. The maximum absolute atomic E-state index is 12.9. The minimum atomic E-state index is -1.29. The Morgan fingerprint density at radius 1 is 0.929 bits per heavy atom. The fraction of sp³-hybridized carbons (Fsp3) is 0.364. The van der Waals surface area contributed by atoms with Gasteiger partial charge in [0.25, 0.3) is 0 Å². The molecule has 3 atom stereocenters. The number of hydrogen-bond acceptors (Lipinski definition) is 5. The van der Waals surface area contributed by atoms with Crippen LogP contribution in [-0.4, -0.2) is 22.3 Å². The molecular formula is C22H25NO5. The normalized spacial score (nSPS) is 14.6. The first-order valence-corrected chi connectivity index (χ1v) is 9.08. The van der Waals surface area contributed by atoms with Crippen LogP contribution in [0.2, 0.25) is 0 Å². The molecule has 0 aromatic heterocycles. The predicted molar refractivity (Wildman–Crippen MR) is 105 cm³/mol. The molecule has 0 saturated carbocycles. The van der Waals surface area contributed by atoms with Crippen LogP contribution in [0, 0.1) is 16.0 Å². The summed E-state index contributed by atoms with van der Waals surface area (Å²) in [6, 6.07) is 15.8. The molecule has 2 rings (SSSR count). The number of ketones is 1. The molecule has 0 saturated heterocycles. The van der Waals surface area contributed by atoms with Gasteiger partial charge in [-0.3, -0.25) is 19.7 Å². The van der Waals surface area contributed by atoms with E-state index >= 15 is 0 Å². The van der Waals surface area contributed by atoms with Gasteiger partial charge in [-0.25, -0.2) is 0 Å². The molecule has 0 bridgehead atoms. The molecule has 2 aromatic carbocycles. The summed E-state index contributed by atoms with van der Waals surface area (Å²) in [4.78, 5) is 37.1. The first-order valence-electron chi connectivity index (χ1n) is 9.08. The fourth-order valence-corrected chi connectivity index (χ4v) is 3.27. The van der Waals surface area contributed by atoms with Crippen molar-refractivity contribution < 1.29 is 19.2 Å². The van der Waals surface area contributed by atoms with E-state index in [-0.39, 0.29) is 0 Å². The summed E-state index contributed by atoms with van der Waals surface area (Å²) in [5, 5.41) is 12.1. The molecule has 0 aliphatic carbocycles. The highest BCUT2D eigenvalue weighted by Gasteiger charge is 2.46. The van der Waals surface area contributed by atoms with E-state index in [4.69, 9.17) is 4.74 Å². The van der Waals surface area contributed by atoms with Gasteiger partial charge in [-0.2, -0.15) is 0 Å². The Hall–Kier alpha value is -3.02. The molecule has 0 heterocycles. The summed E-state index contributed by atoms with van der Waals surface area (Å²) in [5.41, 5.74) is 0.151. The molecule has 3 unspecified atom stereocenters. The highest BCUT2D eigenvalue weighted by molar-refractivity contribution is 5.99. The van der Waals surface area contributed by atoms with Gasteiger partial charge in [0.2, 0.25) is 6.04 Å². The lowest BCUT2D eigenvalue weighted by Gasteiger charge is -2.29. The zero-order chi connectivity index (χ0) is 20.9. The lowest BCUT2D eigenvalue weighted by Crippen LogP contribution is -2.39. The summed E-state index contributed by atoms with van der Waals surface area (Å²) < 4.78 is 5.45. The van der Waals surface area contributed by atoms with Gasteiger partial charge in [0, 0.05) is 10.5 Å². The van der Waals surface area contributed by atoms with Crippen LogP contribution >= 0.6 is 0 Å². The van der Waals surface area contributed by atoms with Crippen molar-refractivity contribution in [3.63, 3.8) is 0 Å². The Balaban J connectivity index is 2.64. The van der Waals surface area contributed by atoms with Crippen molar-refractivity contribution in [2.75, 3.05) is 0 Å². The number of carbonyl (C=O) groups is 2. The van der Waals surface area contributed by atoms with Crippen molar-refractivity contribution in [1.29, 1.82) is 0 Å². The SMILES string of the molecule is CC(=O)C(C(=O)OC(C)(C)C)C(c1ccccc1)C(c1ccccc1)[N+](=O)[O-]. The van der Waals surface area contributed by atoms with E-state index in [1.807, 2.05) is 0 Å². The second kappa shape index (κ2) is 8.78. The molecular weight excluding hydrogens is 358 g/mol. The standard InChI is InChI=1S/C22H25NO5/c1-15(24)18(21(25)28-22(2,3)4)19(16-11-7-5-8-12-16)20(23(26)27)17-13-9-6-10-14-17/h5-14,18-20H,1-4H3. The van der Waals surface area contributed by atoms with Gasteiger partial charge in [0.15, 0.2) is 0 Å². The average Bonchev–Trinajstić information content (AvgIpc) is 2.60. The number of rotatable bonds is 7. The van der Waals surface area contributed by atoms with Crippen LogP contribution in [-0.2, 0) is 14.3 Å². The van der Waals surface area contributed by atoms with Crippen LogP contribution in [0.25, 0.3) is 0 Å². The smallest absolute Gasteiger partial charge is 0.317 e. The second-order valence-electron chi connectivity index (χ2n) is 7.70. The first kappa shape index (κ1) is 21.3. The van der Waals surface area contributed by atoms with E-state index in [2.05, 4.69) is 0 Å². The summed E-state index contributed by atoms with van der Waals surface area (Å²) in [7, 11) is 0. The van der Waals surface area contributed by atoms with Gasteiger partial charge >= 0.3 is 5.97 Å². The molecule has 0 fully saturated rings. The monoisotopic (exact) mass is 383 g/mol.